The highest BCUT2D eigenvalue weighted by Gasteiger charge is 2.10. The molecule has 2 heterocycles. The molecule has 0 saturated heterocycles. The van der Waals surface area contributed by atoms with E-state index in [0.29, 0.717) is 0 Å². The molecule has 0 aliphatic heterocycles. The zero-order valence-corrected chi connectivity index (χ0v) is 15.9. The second-order valence-corrected chi connectivity index (χ2v) is 8.20. The third-order valence-corrected chi connectivity index (χ3v) is 6.28. The minimum absolute atomic E-state index is 0.891. The van der Waals surface area contributed by atoms with Gasteiger partial charge in [0.15, 0.2) is 0 Å². The van der Waals surface area contributed by atoms with Gasteiger partial charge in [0.25, 0.3) is 0 Å². The van der Waals surface area contributed by atoms with Crippen LogP contribution in [-0.4, -0.2) is 9.97 Å². The van der Waals surface area contributed by atoms with Crippen LogP contribution in [0.25, 0.3) is 20.7 Å². The Labute approximate surface area is 157 Å². The smallest absolute Gasteiger partial charge is 0.128 e. The Bertz CT molecular complexity index is 983. The van der Waals surface area contributed by atoms with Crippen molar-refractivity contribution in [2.45, 2.75) is 10.8 Å². The average molecular weight is 413 g/mol. The van der Waals surface area contributed by atoms with Crippen LogP contribution in [0.2, 0.25) is 0 Å². The summed E-state index contributed by atoms with van der Waals surface area (Å²) in [6.45, 7) is 0. The normalized spacial score (nSPS) is 11.0. The molecule has 2 aromatic carbocycles. The van der Waals surface area contributed by atoms with Crippen molar-refractivity contribution in [2.75, 3.05) is 0 Å². The molecule has 0 aliphatic carbocycles. The predicted octanol–water partition coefficient (Wildman–Crippen LogP) is 6.41. The fourth-order valence-corrected chi connectivity index (χ4v) is 4.90. The maximum atomic E-state index is 4.50. The van der Waals surface area contributed by atoms with E-state index in [0.717, 1.165) is 25.5 Å². The first-order valence-corrected chi connectivity index (χ1v) is 10.1. The van der Waals surface area contributed by atoms with E-state index in [1.54, 1.807) is 29.4 Å². The molecule has 5 heteroatoms. The number of thiophene rings is 1. The van der Waals surface area contributed by atoms with Gasteiger partial charge < -0.3 is 0 Å². The van der Waals surface area contributed by atoms with E-state index in [2.05, 4.69) is 74.4 Å². The van der Waals surface area contributed by atoms with Crippen LogP contribution < -0.4 is 0 Å². The molecule has 4 aromatic rings. The summed E-state index contributed by atoms with van der Waals surface area (Å²) in [6, 6.07) is 21.0. The fraction of sp³-hybridized carbons (Fsp3) is 0.0526. The summed E-state index contributed by atoms with van der Waals surface area (Å²) in [6.07, 6.45) is 1.66. The van der Waals surface area contributed by atoms with Crippen molar-refractivity contribution in [3.63, 3.8) is 0 Å². The zero-order valence-electron chi connectivity index (χ0n) is 12.6. The number of nitrogens with zero attached hydrogens (tertiary/aromatic N) is 2. The molecule has 0 radical (unpaired) electrons. The monoisotopic (exact) mass is 412 g/mol. The summed E-state index contributed by atoms with van der Waals surface area (Å²) < 4.78 is 1.11. The van der Waals surface area contributed by atoms with Crippen LogP contribution >= 0.6 is 39.0 Å². The molecule has 0 N–H and O–H groups in total. The van der Waals surface area contributed by atoms with Gasteiger partial charge >= 0.3 is 0 Å². The third-order valence-electron chi connectivity index (χ3n) is 3.62. The number of hydrogen-bond donors (Lipinski definition) is 0. The van der Waals surface area contributed by atoms with Crippen LogP contribution in [0.4, 0.5) is 0 Å². The molecule has 0 bridgehead atoms. The van der Waals surface area contributed by atoms with E-state index < -0.39 is 0 Å². The summed E-state index contributed by atoms with van der Waals surface area (Å²) in [7, 11) is 0. The van der Waals surface area contributed by atoms with Crippen LogP contribution in [0.1, 0.15) is 5.56 Å². The quantitative estimate of drug-likeness (QED) is 0.285. The highest BCUT2D eigenvalue weighted by molar-refractivity contribution is 9.10. The number of benzene rings is 2. The molecule has 2 aromatic heterocycles. The van der Waals surface area contributed by atoms with Crippen molar-refractivity contribution < 1.29 is 0 Å². The molecule has 0 amide bonds. The minimum Gasteiger partial charge on any atom is -0.229 e. The van der Waals surface area contributed by atoms with Crippen molar-refractivity contribution >= 4 is 49.2 Å². The van der Waals surface area contributed by atoms with Crippen LogP contribution in [0.5, 0.6) is 0 Å². The standard InChI is InChI=1S/C19H13BrN2S2/c20-15-8-4-5-13(9-15)11-23-18-16-10-17(14-6-2-1-3-7-14)24-19(16)22-12-21-18/h1-10,12H,11H2. The van der Waals surface area contributed by atoms with E-state index in [4.69, 9.17) is 0 Å². The Morgan fingerprint density at radius 1 is 0.958 bits per heavy atom. The molecule has 0 aliphatic rings. The van der Waals surface area contributed by atoms with E-state index in [1.807, 2.05) is 12.1 Å². The summed E-state index contributed by atoms with van der Waals surface area (Å²) in [5, 5.41) is 2.18. The highest BCUT2D eigenvalue weighted by atomic mass is 79.9. The van der Waals surface area contributed by atoms with Gasteiger partial charge in [-0.1, -0.05) is 58.4 Å². The Morgan fingerprint density at radius 2 is 1.83 bits per heavy atom. The Balaban J connectivity index is 1.65. The van der Waals surface area contributed by atoms with Gasteiger partial charge in [-0.05, 0) is 29.3 Å². The van der Waals surface area contributed by atoms with Gasteiger partial charge in [-0.15, -0.1) is 23.1 Å². The van der Waals surface area contributed by atoms with Crippen molar-refractivity contribution in [3.05, 3.63) is 77.0 Å². The molecule has 0 fully saturated rings. The first-order valence-electron chi connectivity index (χ1n) is 7.47. The minimum atomic E-state index is 0.891. The second-order valence-electron chi connectivity index (χ2n) is 5.29. The molecular formula is C19H13BrN2S2. The van der Waals surface area contributed by atoms with Gasteiger partial charge in [0.1, 0.15) is 16.2 Å². The van der Waals surface area contributed by atoms with Crippen LogP contribution in [-0.2, 0) is 5.75 Å². The molecule has 0 atom stereocenters. The molecule has 0 spiro atoms. The second kappa shape index (κ2) is 7.05. The SMILES string of the molecule is Brc1cccc(CSc2ncnc3sc(-c4ccccc4)cc23)c1. The molecule has 0 unspecified atom stereocenters. The number of halogens is 1. The average Bonchev–Trinajstić information content (AvgIpc) is 3.06. The van der Waals surface area contributed by atoms with Crippen LogP contribution in [0.3, 0.4) is 0 Å². The predicted molar refractivity (Wildman–Crippen MR) is 107 cm³/mol. The lowest BCUT2D eigenvalue weighted by Crippen LogP contribution is -1.85. The third kappa shape index (κ3) is 3.38. The number of hydrogen-bond acceptors (Lipinski definition) is 4. The topological polar surface area (TPSA) is 25.8 Å². The lowest BCUT2D eigenvalue weighted by atomic mass is 10.2. The molecule has 2 nitrogen and oxygen atoms in total. The molecule has 118 valence electrons. The van der Waals surface area contributed by atoms with Crippen molar-refractivity contribution in [1.29, 1.82) is 0 Å². The highest BCUT2D eigenvalue weighted by Crippen LogP contribution is 2.36. The van der Waals surface area contributed by atoms with Gasteiger partial charge in [-0.2, -0.15) is 0 Å². The van der Waals surface area contributed by atoms with Crippen molar-refractivity contribution in [2.24, 2.45) is 0 Å². The lowest BCUT2D eigenvalue weighted by molar-refractivity contribution is 1.11. The first-order chi connectivity index (χ1) is 11.8. The first kappa shape index (κ1) is 15.8. The largest absolute Gasteiger partial charge is 0.229 e. The summed E-state index contributed by atoms with van der Waals surface area (Å²) in [5.41, 5.74) is 2.50. The van der Waals surface area contributed by atoms with Crippen molar-refractivity contribution in [3.8, 4) is 10.4 Å². The molecule has 0 saturated carbocycles. The number of thioether (sulfide) groups is 1. The summed E-state index contributed by atoms with van der Waals surface area (Å²) >= 11 is 7.00. The van der Waals surface area contributed by atoms with Gasteiger partial charge in [-0.25, -0.2) is 9.97 Å². The van der Waals surface area contributed by atoms with E-state index in [-0.39, 0.29) is 0 Å². The number of aromatic nitrogens is 2. The van der Waals surface area contributed by atoms with Crippen LogP contribution in [0, 0.1) is 0 Å². The Morgan fingerprint density at radius 3 is 2.67 bits per heavy atom. The maximum absolute atomic E-state index is 4.50. The van der Waals surface area contributed by atoms with E-state index in [9.17, 15) is 0 Å². The van der Waals surface area contributed by atoms with E-state index >= 15 is 0 Å². The number of rotatable bonds is 4. The van der Waals surface area contributed by atoms with Gasteiger partial charge in [0, 0.05) is 20.5 Å². The van der Waals surface area contributed by atoms with Gasteiger partial charge in [0.05, 0.1) is 0 Å². The lowest BCUT2D eigenvalue weighted by Gasteiger charge is -2.03. The zero-order chi connectivity index (χ0) is 16.4. The maximum Gasteiger partial charge on any atom is 0.128 e. The molecular weight excluding hydrogens is 400 g/mol. The van der Waals surface area contributed by atoms with Gasteiger partial charge in [0.2, 0.25) is 0 Å². The van der Waals surface area contributed by atoms with Crippen molar-refractivity contribution in [1.82, 2.24) is 9.97 Å². The van der Waals surface area contributed by atoms with Gasteiger partial charge in [-0.3, -0.25) is 0 Å². The Kier molecular flexibility index (Phi) is 4.65. The summed E-state index contributed by atoms with van der Waals surface area (Å²) in [4.78, 5) is 11.2. The number of fused-ring (bicyclic) bond motifs is 1. The van der Waals surface area contributed by atoms with Crippen LogP contribution in [0.15, 0.2) is 76.5 Å². The molecule has 4 rings (SSSR count). The Hall–Kier alpha value is -1.69. The summed E-state index contributed by atoms with van der Waals surface area (Å²) in [5.74, 6) is 0.891. The fourth-order valence-electron chi connectivity index (χ4n) is 2.47. The molecule has 24 heavy (non-hydrogen) atoms. The van der Waals surface area contributed by atoms with E-state index in [1.165, 1.54) is 16.0 Å².